The lowest BCUT2D eigenvalue weighted by Gasteiger charge is -1.98. The van der Waals surface area contributed by atoms with Crippen molar-refractivity contribution in [1.82, 2.24) is 5.43 Å². The van der Waals surface area contributed by atoms with Gasteiger partial charge in [0.15, 0.2) is 0 Å². The molecule has 0 radical (unpaired) electrons. The predicted molar refractivity (Wildman–Crippen MR) is 90.4 cm³/mol. The van der Waals surface area contributed by atoms with Crippen LogP contribution in [0.4, 0.5) is 0 Å². The van der Waals surface area contributed by atoms with Gasteiger partial charge in [0.1, 0.15) is 11.5 Å². The molecule has 114 valence electrons. The molecule has 0 aliphatic carbocycles. The van der Waals surface area contributed by atoms with Crippen LogP contribution in [0.5, 0.6) is 0 Å². The van der Waals surface area contributed by atoms with Crippen molar-refractivity contribution in [1.29, 1.82) is 0 Å². The molecule has 0 atom stereocenters. The van der Waals surface area contributed by atoms with E-state index >= 15 is 0 Å². The molecule has 1 N–H and O–H groups in total. The summed E-state index contributed by atoms with van der Waals surface area (Å²) in [5.41, 5.74) is 5.24. The maximum atomic E-state index is 11.8. The smallest absolute Gasteiger partial charge is 0.271 e. The lowest BCUT2D eigenvalue weighted by atomic mass is 10.1. The van der Waals surface area contributed by atoms with Crippen molar-refractivity contribution in [2.75, 3.05) is 0 Å². The number of hydrazone groups is 1. The molecule has 4 nitrogen and oxygen atoms in total. The Morgan fingerprint density at radius 1 is 1.00 bits per heavy atom. The number of benzene rings is 2. The molecule has 2 aromatic carbocycles. The molecule has 0 aliphatic rings. The minimum Gasteiger partial charge on any atom is -0.455 e. The highest BCUT2D eigenvalue weighted by Crippen LogP contribution is 2.21. The maximum absolute atomic E-state index is 11.8. The Morgan fingerprint density at radius 3 is 2.48 bits per heavy atom. The van der Waals surface area contributed by atoms with E-state index in [2.05, 4.69) is 10.5 Å². The summed E-state index contributed by atoms with van der Waals surface area (Å²) in [5.74, 6) is 1.09. The third kappa shape index (κ3) is 3.74. The van der Waals surface area contributed by atoms with Crippen molar-refractivity contribution >= 4 is 12.1 Å². The SMILES string of the molecule is Cc1ccc(-c2ccc(/C=N\NC(=O)c3ccccc3)o2)cc1. The number of hydrogen-bond acceptors (Lipinski definition) is 3. The average molecular weight is 304 g/mol. The van der Waals surface area contributed by atoms with Crippen LogP contribution in [-0.2, 0) is 0 Å². The van der Waals surface area contributed by atoms with Gasteiger partial charge in [0, 0.05) is 11.1 Å². The summed E-state index contributed by atoms with van der Waals surface area (Å²) >= 11 is 0. The van der Waals surface area contributed by atoms with Gasteiger partial charge in [-0.15, -0.1) is 0 Å². The number of hydrogen-bond donors (Lipinski definition) is 1. The Morgan fingerprint density at radius 2 is 1.74 bits per heavy atom. The minimum atomic E-state index is -0.257. The van der Waals surface area contributed by atoms with Crippen LogP contribution in [0, 0.1) is 6.92 Å². The van der Waals surface area contributed by atoms with Crippen LogP contribution in [0.2, 0.25) is 0 Å². The average Bonchev–Trinajstić information content (AvgIpc) is 3.05. The van der Waals surface area contributed by atoms with Crippen molar-refractivity contribution < 1.29 is 9.21 Å². The highest BCUT2D eigenvalue weighted by Gasteiger charge is 2.04. The van der Waals surface area contributed by atoms with Gasteiger partial charge < -0.3 is 4.42 Å². The number of aryl methyl sites for hydroxylation is 1. The van der Waals surface area contributed by atoms with E-state index in [1.54, 1.807) is 24.3 Å². The molecular weight excluding hydrogens is 288 g/mol. The van der Waals surface area contributed by atoms with Crippen molar-refractivity contribution in [2.24, 2.45) is 5.10 Å². The van der Waals surface area contributed by atoms with E-state index in [0.29, 0.717) is 11.3 Å². The molecule has 0 fully saturated rings. The van der Waals surface area contributed by atoms with Gasteiger partial charge in [0.05, 0.1) is 6.21 Å². The largest absolute Gasteiger partial charge is 0.455 e. The van der Waals surface area contributed by atoms with E-state index in [1.165, 1.54) is 11.8 Å². The molecule has 1 amide bonds. The Bertz CT molecular complexity index is 818. The fourth-order valence-corrected chi connectivity index (χ4v) is 2.10. The van der Waals surface area contributed by atoms with E-state index in [4.69, 9.17) is 4.42 Å². The first-order valence-corrected chi connectivity index (χ1v) is 7.28. The summed E-state index contributed by atoms with van der Waals surface area (Å²) in [7, 11) is 0. The Labute approximate surface area is 134 Å². The fraction of sp³-hybridized carbons (Fsp3) is 0.0526. The van der Waals surface area contributed by atoms with Gasteiger partial charge in [0.2, 0.25) is 0 Å². The molecule has 3 aromatic rings. The molecule has 4 heteroatoms. The number of carbonyl (C=O) groups excluding carboxylic acids is 1. The molecule has 0 bridgehead atoms. The summed E-state index contributed by atoms with van der Waals surface area (Å²) in [6.07, 6.45) is 1.48. The molecular formula is C19H16N2O2. The maximum Gasteiger partial charge on any atom is 0.271 e. The third-order valence-electron chi connectivity index (χ3n) is 3.36. The summed E-state index contributed by atoms with van der Waals surface area (Å²) in [4.78, 5) is 11.8. The lowest BCUT2D eigenvalue weighted by Crippen LogP contribution is -2.17. The van der Waals surface area contributed by atoms with Crippen LogP contribution >= 0.6 is 0 Å². The number of nitrogens with one attached hydrogen (secondary N) is 1. The summed E-state index contributed by atoms with van der Waals surface area (Å²) in [5, 5.41) is 3.92. The van der Waals surface area contributed by atoms with Crippen LogP contribution in [0.25, 0.3) is 11.3 Å². The number of nitrogens with zero attached hydrogens (tertiary/aromatic N) is 1. The van der Waals surface area contributed by atoms with E-state index in [1.807, 2.05) is 49.4 Å². The van der Waals surface area contributed by atoms with Gasteiger partial charge in [-0.1, -0.05) is 48.0 Å². The van der Waals surface area contributed by atoms with Crippen LogP contribution in [0.3, 0.4) is 0 Å². The highest BCUT2D eigenvalue weighted by molar-refractivity contribution is 5.94. The Hall–Kier alpha value is -3.14. The summed E-state index contributed by atoms with van der Waals surface area (Å²) < 4.78 is 5.70. The topological polar surface area (TPSA) is 54.6 Å². The number of rotatable bonds is 4. The van der Waals surface area contributed by atoms with E-state index in [0.717, 1.165) is 11.3 Å². The standard InChI is InChI=1S/C19H16N2O2/c1-14-7-9-15(10-8-14)18-12-11-17(23-18)13-20-21-19(22)16-5-3-2-4-6-16/h2-13H,1H3,(H,21,22)/b20-13-. The summed E-state index contributed by atoms with van der Waals surface area (Å²) in [6, 6.07) is 20.7. The second kappa shape index (κ2) is 6.75. The van der Waals surface area contributed by atoms with Gasteiger partial charge in [-0.25, -0.2) is 5.43 Å². The second-order valence-electron chi connectivity index (χ2n) is 5.13. The molecule has 0 spiro atoms. The van der Waals surface area contributed by atoms with Crippen molar-refractivity contribution in [3.8, 4) is 11.3 Å². The zero-order valence-corrected chi connectivity index (χ0v) is 12.7. The molecule has 3 rings (SSSR count). The summed E-state index contributed by atoms with van der Waals surface area (Å²) in [6.45, 7) is 2.04. The molecule has 0 unspecified atom stereocenters. The quantitative estimate of drug-likeness (QED) is 0.584. The van der Waals surface area contributed by atoms with Crippen molar-refractivity contribution in [2.45, 2.75) is 6.92 Å². The molecule has 1 heterocycles. The van der Waals surface area contributed by atoms with E-state index < -0.39 is 0 Å². The molecule has 0 saturated carbocycles. The monoisotopic (exact) mass is 304 g/mol. The van der Waals surface area contributed by atoms with Gasteiger partial charge >= 0.3 is 0 Å². The molecule has 1 aromatic heterocycles. The first-order valence-electron chi connectivity index (χ1n) is 7.28. The normalized spacial score (nSPS) is 10.8. The van der Waals surface area contributed by atoms with Crippen molar-refractivity contribution in [3.63, 3.8) is 0 Å². The zero-order valence-electron chi connectivity index (χ0n) is 12.7. The number of furan rings is 1. The fourth-order valence-electron chi connectivity index (χ4n) is 2.10. The molecule has 0 aliphatic heterocycles. The van der Waals surface area contributed by atoms with Crippen molar-refractivity contribution in [3.05, 3.63) is 83.6 Å². The zero-order chi connectivity index (χ0) is 16.1. The van der Waals surface area contributed by atoms with Gasteiger partial charge in [-0.2, -0.15) is 5.10 Å². The Kier molecular flexibility index (Phi) is 4.34. The van der Waals surface area contributed by atoms with Gasteiger partial charge in [-0.3, -0.25) is 4.79 Å². The highest BCUT2D eigenvalue weighted by atomic mass is 16.3. The van der Waals surface area contributed by atoms with Crippen LogP contribution in [-0.4, -0.2) is 12.1 Å². The lowest BCUT2D eigenvalue weighted by molar-refractivity contribution is 0.0955. The van der Waals surface area contributed by atoms with Gasteiger partial charge in [0.25, 0.3) is 5.91 Å². The first kappa shape index (κ1) is 14.8. The predicted octanol–water partition coefficient (Wildman–Crippen LogP) is 4.02. The van der Waals surface area contributed by atoms with Gasteiger partial charge in [-0.05, 0) is 31.2 Å². The van der Waals surface area contributed by atoms with Crippen LogP contribution in [0.15, 0.2) is 76.2 Å². The van der Waals surface area contributed by atoms with Crippen LogP contribution < -0.4 is 5.43 Å². The molecule has 0 saturated heterocycles. The number of amides is 1. The van der Waals surface area contributed by atoms with Crippen LogP contribution in [0.1, 0.15) is 21.7 Å². The molecule has 23 heavy (non-hydrogen) atoms. The Balaban J connectivity index is 1.65. The number of carbonyl (C=O) groups is 1. The third-order valence-corrected chi connectivity index (χ3v) is 3.36. The first-order chi connectivity index (χ1) is 11.2. The minimum absolute atomic E-state index is 0.257. The van der Waals surface area contributed by atoms with E-state index in [-0.39, 0.29) is 5.91 Å². The van der Waals surface area contributed by atoms with E-state index in [9.17, 15) is 4.79 Å². The second-order valence-corrected chi connectivity index (χ2v) is 5.13.